The number of hydrogen-bond acceptors (Lipinski definition) is 8. The molecule has 0 aliphatic carbocycles. The standard InChI is InChI=1S/C19H16O9/c20-8-1-3-10-11-4-2-9(6-14(11)27-19(25)12(10)5-8)26-15-7-13(21)16(22)17(28-15)18(23)24/h1-6,13,15-17,20-22H,7H2,(H,23,24)/t13-,15-,16+,17+/m0/s1. The Balaban J connectivity index is 1.67. The normalized spacial score (nSPS) is 25.1. The predicted octanol–water partition coefficient (Wildman–Crippen LogP) is 0.952. The maximum atomic E-state index is 12.2. The number of benzene rings is 2. The molecule has 0 spiro atoms. The number of rotatable bonds is 3. The number of aliphatic hydroxyl groups excluding tert-OH is 2. The summed E-state index contributed by atoms with van der Waals surface area (Å²) >= 11 is 0. The molecule has 9 nitrogen and oxygen atoms in total. The van der Waals surface area contributed by atoms with E-state index in [-0.39, 0.29) is 28.9 Å². The molecule has 1 fully saturated rings. The highest BCUT2D eigenvalue weighted by Crippen LogP contribution is 2.30. The van der Waals surface area contributed by atoms with Crippen molar-refractivity contribution in [3.63, 3.8) is 0 Å². The maximum Gasteiger partial charge on any atom is 0.344 e. The number of aliphatic hydroxyl groups is 2. The average molecular weight is 388 g/mol. The first-order valence-electron chi connectivity index (χ1n) is 8.44. The highest BCUT2D eigenvalue weighted by atomic mass is 16.7. The number of carboxylic acids is 1. The van der Waals surface area contributed by atoms with E-state index in [1.165, 1.54) is 18.2 Å². The summed E-state index contributed by atoms with van der Waals surface area (Å²) in [6, 6.07) is 9.05. The molecule has 1 saturated heterocycles. The van der Waals surface area contributed by atoms with E-state index in [9.17, 15) is 24.9 Å². The van der Waals surface area contributed by atoms with E-state index in [1.54, 1.807) is 18.2 Å². The molecule has 9 heteroatoms. The molecule has 2 heterocycles. The molecule has 0 saturated carbocycles. The third-order valence-corrected chi connectivity index (χ3v) is 4.62. The van der Waals surface area contributed by atoms with Gasteiger partial charge < -0.3 is 34.3 Å². The molecule has 146 valence electrons. The van der Waals surface area contributed by atoms with E-state index in [0.29, 0.717) is 10.8 Å². The topological polar surface area (TPSA) is 147 Å². The van der Waals surface area contributed by atoms with Crippen LogP contribution in [0.3, 0.4) is 0 Å². The zero-order chi connectivity index (χ0) is 20.0. The zero-order valence-corrected chi connectivity index (χ0v) is 14.3. The van der Waals surface area contributed by atoms with Crippen LogP contribution < -0.4 is 10.4 Å². The molecular weight excluding hydrogens is 372 g/mol. The minimum atomic E-state index is -1.62. The van der Waals surface area contributed by atoms with Gasteiger partial charge in [0.05, 0.1) is 11.5 Å². The number of carbonyl (C=O) groups is 1. The smallest absolute Gasteiger partial charge is 0.344 e. The van der Waals surface area contributed by atoms with Crippen LogP contribution in [-0.4, -0.2) is 51.0 Å². The van der Waals surface area contributed by atoms with Crippen LogP contribution in [0.2, 0.25) is 0 Å². The fraction of sp³-hybridized carbons (Fsp3) is 0.263. The molecule has 0 bridgehead atoms. The lowest BCUT2D eigenvalue weighted by Crippen LogP contribution is -2.53. The fourth-order valence-corrected chi connectivity index (χ4v) is 3.24. The Morgan fingerprint density at radius 3 is 2.57 bits per heavy atom. The van der Waals surface area contributed by atoms with Crippen molar-refractivity contribution in [3.8, 4) is 11.5 Å². The van der Waals surface area contributed by atoms with Crippen molar-refractivity contribution in [3.05, 3.63) is 46.8 Å². The van der Waals surface area contributed by atoms with Crippen LogP contribution in [0.1, 0.15) is 6.42 Å². The van der Waals surface area contributed by atoms with Gasteiger partial charge in [0.25, 0.3) is 0 Å². The van der Waals surface area contributed by atoms with E-state index in [4.69, 9.17) is 19.0 Å². The minimum Gasteiger partial charge on any atom is -0.508 e. The summed E-state index contributed by atoms with van der Waals surface area (Å²) < 4.78 is 16.1. The monoisotopic (exact) mass is 388 g/mol. The number of aromatic hydroxyl groups is 1. The van der Waals surface area contributed by atoms with Gasteiger partial charge in [0, 0.05) is 23.3 Å². The van der Waals surface area contributed by atoms with Gasteiger partial charge in [-0.05, 0) is 30.3 Å². The Morgan fingerprint density at radius 1 is 1.07 bits per heavy atom. The van der Waals surface area contributed by atoms with Crippen molar-refractivity contribution in [2.75, 3.05) is 0 Å². The Bertz CT molecular complexity index is 1120. The summed E-state index contributed by atoms with van der Waals surface area (Å²) in [5.41, 5.74) is -0.402. The highest BCUT2D eigenvalue weighted by Gasteiger charge is 2.42. The zero-order valence-electron chi connectivity index (χ0n) is 14.3. The summed E-state index contributed by atoms with van der Waals surface area (Å²) in [5.74, 6) is -1.24. The molecule has 3 aromatic rings. The van der Waals surface area contributed by atoms with Crippen molar-refractivity contribution in [2.24, 2.45) is 0 Å². The van der Waals surface area contributed by atoms with Crippen molar-refractivity contribution < 1.29 is 39.1 Å². The van der Waals surface area contributed by atoms with Gasteiger partial charge in [-0.2, -0.15) is 0 Å². The molecule has 4 rings (SSSR count). The van der Waals surface area contributed by atoms with Gasteiger partial charge in [0.15, 0.2) is 6.10 Å². The van der Waals surface area contributed by atoms with E-state index >= 15 is 0 Å². The van der Waals surface area contributed by atoms with E-state index in [1.807, 2.05) is 0 Å². The van der Waals surface area contributed by atoms with Crippen molar-refractivity contribution in [1.82, 2.24) is 0 Å². The highest BCUT2D eigenvalue weighted by molar-refractivity contribution is 6.04. The number of phenolic OH excluding ortho intramolecular Hbond substituents is 1. The molecule has 0 radical (unpaired) electrons. The minimum absolute atomic E-state index is 0.0534. The second-order valence-corrected chi connectivity index (χ2v) is 6.51. The first-order chi connectivity index (χ1) is 13.3. The van der Waals surface area contributed by atoms with E-state index in [2.05, 4.69) is 0 Å². The molecule has 28 heavy (non-hydrogen) atoms. The molecule has 1 aromatic heterocycles. The third kappa shape index (κ3) is 3.15. The number of ether oxygens (including phenoxy) is 2. The lowest BCUT2D eigenvalue weighted by molar-refractivity contribution is -0.228. The third-order valence-electron chi connectivity index (χ3n) is 4.62. The lowest BCUT2D eigenvalue weighted by Gasteiger charge is -2.34. The van der Waals surface area contributed by atoms with Crippen molar-refractivity contribution in [2.45, 2.75) is 31.0 Å². The first kappa shape index (κ1) is 18.2. The van der Waals surface area contributed by atoms with Gasteiger partial charge in [-0.15, -0.1) is 0 Å². The van der Waals surface area contributed by atoms with Crippen LogP contribution in [0, 0.1) is 0 Å². The van der Waals surface area contributed by atoms with Gasteiger partial charge in [-0.1, -0.05) is 0 Å². The maximum absolute atomic E-state index is 12.2. The van der Waals surface area contributed by atoms with Crippen LogP contribution in [-0.2, 0) is 9.53 Å². The molecular formula is C19H16O9. The van der Waals surface area contributed by atoms with Crippen molar-refractivity contribution in [1.29, 1.82) is 0 Å². The van der Waals surface area contributed by atoms with E-state index < -0.39 is 36.2 Å². The Hall–Kier alpha value is -3.14. The predicted molar refractivity (Wildman–Crippen MR) is 95.2 cm³/mol. The quantitative estimate of drug-likeness (QED) is 0.380. The SMILES string of the molecule is O=C(O)[C@@H]1O[C@H](Oc2ccc3c(c2)oc(=O)c2cc(O)ccc23)C[C@H](O)[C@H]1O. The number of hydrogen-bond donors (Lipinski definition) is 4. The van der Waals surface area contributed by atoms with Gasteiger partial charge in [-0.3, -0.25) is 0 Å². The van der Waals surface area contributed by atoms with Crippen LogP contribution in [0.5, 0.6) is 11.5 Å². The number of carboxylic acid groups (broad SMARTS) is 1. The number of aliphatic carboxylic acids is 1. The number of fused-ring (bicyclic) bond motifs is 3. The molecule has 4 atom stereocenters. The lowest BCUT2D eigenvalue weighted by atomic mass is 10.0. The largest absolute Gasteiger partial charge is 0.508 e. The van der Waals surface area contributed by atoms with Crippen LogP contribution in [0.4, 0.5) is 0 Å². The Morgan fingerprint density at radius 2 is 1.82 bits per heavy atom. The summed E-state index contributed by atoms with van der Waals surface area (Å²) in [6.45, 7) is 0. The second-order valence-electron chi connectivity index (χ2n) is 6.51. The van der Waals surface area contributed by atoms with Gasteiger partial charge in [0.1, 0.15) is 23.2 Å². The van der Waals surface area contributed by atoms with E-state index in [0.717, 1.165) is 0 Å². The summed E-state index contributed by atoms with van der Waals surface area (Å²) in [4.78, 5) is 23.3. The Kier molecular flexibility index (Phi) is 4.42. The molecule has 1 aliphatic rings. The van der Waals surface area contributed by atoms with Crippen LogP contribution in [0.25, 0.3) is 21.7 Å². The average Bonchev–Trinajstić information content (AvgIpc) is 2.64. The van der Waals surface area contributed by atoms with Crippen LogP contribution >= 0.6 is 0 Å². The molecule has 0 amide bonds. The first-order valence-corrected chi connectivity index (χ1v) is 8.44. The Labute approximate surface area is 157 Å². The van der Waals surface area contributed by atoms with Crippen LogP contribution in [0.15, 0.2) is 45.6 Å². The molecule has 0 unspecified atom stereocenters. The molecule has 4 N–H and O–H groups in total. The van der Waals surface area contributed by atoms with Gasteiger partial charge in [-0.25, -0.2) is 9.59 Å². The molecule has 2 aromatic carbocycles. The fourth-order valence-electron chi connectivity index (χ4n) is 3.24. The number of phenols is 1. The summed E-state index contributed by atoms with van der Waals surface area (Å²) in [5, 5.41) is 39.6. The summed E-state index contributed by atoms with van der Waals surface area (Å²) in [7, 11) is 0. The summed E-state index contributed by atoms with van der Waals surface area (Å²) in [6.07, 6.45) is -5.75. The van der Waals surface area contributed by atoms with Crippen molar-refractivity contribution >= 4 is 27.7 Å². The van der Waals surface area contributed by atoms with Gasteiger partial charge >= 0.3 is 11.6 Å². The second kappa shape index (κ2) is 6.79. The van der Waals surface area contributed by atoms with Gasteiger partial charge in [0.2, 0.25) is 6.29 Å². The molecule has 1 aliphatic heterocycles.